The van der Waals surface area contributed by atoms with E-state index in [2.05, 4.69) is 28.6 Å². The molecule has 0 saturated heterocycles. The number of anilines is 1. The highest BCUT2D eigenvalue weighted by molar-refractivity contribution is 7.99. The SMILES string of the molecule is CCN(C(=O)CSc1nnc(-c2cccs2)n1C(C)C)c1ccccc1. The molecule has 0 spiro atoms. The van der Waals surface area contributed by atoms with Crippen molar-refractivity contribution in [1.82, 2.24) is 14.8 Å². The summed E-state index contributed by atoms with van der Waals surface area (Å²) in [5.41, 5.74) is 0.921. The highest BCUT2D eigenvalue weighted by Gasteiger charge is 2.20. The quantitative estimate of drug-likeness (QED) is 0.551. The number of carbonyl (C=O) groups is 1. The maximum Gasteiger partial charge on any atom is 0.237 e. The molecule has 2 aromatic heterocycles. The van der Waals surface area contributed by atoms with Gasteiger partial charge in [-0.25, -0.2) is 0 Å². The van der Waals surface area contributed by atoms with Crippen molar-refractivity contribution in [3.05, 3.63) is 47.8 Å². The lowest BCUT2D eigenvalue weighted by molar-refractivity contribution is -0.116. The fourth-order valence-electron chi connectivity index (χ4n) is 2.73. The zero-order chi connectivity index (χ0) is 18.5. The number of thiophene rings is 1. The molecular weight excluding hydrogens is 364 g/mol. The van der Waals surface area contributed by atoms with Crippen molar-refractivity contribution < 1.29 is 4.79 Å². The Kier molecular flexibility index (Phi) is 6.11. The van der Waals surface area contributed by atoms with Gasteiger partial charge in [0.2, 0.25) is 5.91 Å². The lowest BCUT2D eigenvalue weighted by atomic mass is 10.3. The van der Waals surface area contributed by atoms with Gasteiger partial charge in [-0.2, -0.15) is 0 Å². The molecule has 3 rings (SSSR count). The van der Waals surface area contributed by atoms with E-state index in [9.17, 15) is 4.79 Å². The van der Waals surface area contributed by atoms with Crippen molar-refractivity contribution in [2.24, 2.45) is 0 Å². The largest absolute Gasteiger partial charge is 0.312 e. The predicted octanol–water partition coefficient (Wildman–Crippen LogP) is 4.73. The zero-order valence-corrected chi connectivity index (χ0v) is 16.8. The Hall–Kier alpha value is -2.12. The van der Waals surface area contributed by atoms with Crippen molar-refractivity contribution in [2.45, 2.75) is 32.0 Å². The monoisotopic (exact) mass is 386 g/mol. The Bertz CT molecular complexity index is 844. The second-order valence-electron chi connectivity index (χ2n) is 6.01. The molecule has 136 valence electrons. The molecular formula is C19H22N4OS2. The van der Waals surface area contributed by atoms with E-state index in [1.54, 1.807) is 16.2 Å². The molecule has 0 atom stereocenters. The van der Waals surface area contributed by atoms with Gasteiger partial charge in [0.05, 0.1) is 10.6 Å². The number of hydrogen-bond acceptors (Lipinski definition) is 5. The minimum absolute atomic E-state index is 0.0691. The van der Waals surface area contributed by atoms with Crippen molar-refractivity contribution in [3.8, 4) is 10.7 Å². The van der Waals surface area contributed by atoms with Crippen LogP contribution in [0.2, 0.25) is 0 Å². The summed E-state index contributed by atoms with van der Waals surface area (Å²) in [5.74, 6) is 1.26. The maximum atomic E-state index is 12.7. The van der Waals surface area contributed by atoms with Crippen molar-refractivity contribution in [1.29, 1.82) is 0 Å². The van der Waals surface area contributed by atoms with Gasteiger partial charge in [0.15, 0.2) is 11.0 Å². The average Bonchev–Trinajstić information content (AvgIpc) is 3.30. The Morgan fingerprint density at radius 1 is 1.19 bits per heavy atom. The third kappa shape index (κ3) is 3.99. The van der Waals surface area contributed by atoms with Gasteiger partial charge in [-0.15, -0.1) is 21.5 Å². The summed E-state index contributed by atoms with van der Waals surface area (Å²) >= 11 is 3.09. The third-order valence-corrected chi connectivity index (χ3v) is 5.73. The number of amides is 1. The van der Waals surface area contributed by atoms with Gasteiger partial charge in [-0.3, -0.25) is 9.36 Å². The number of para-hydroxylation sites is 1. The Labute approximate surface area is 162 Å². The van der Waals surface area contributed by atoms with E-state index in [1.165, 1.54) is 11.8 Å². The molecule has 2 heterocycles. The molecule has 0 aliphatic heterocycles. The first-order chi connectivity index (χ1) is 12.6. The van der Waals surface area contributed by atoms with Gasteiger partial charge >= 0.3 is 0 Å². The van der Waals surface area contributed by atoms with Gasteiger partial charge in [-0.1, -0.05) is 36.0 Å². The number of benzene rings is 1. The van der Waals surface area contributed by atoms with Crippen LogP contribution in [0, 0.1) is 0 Å². The molecule has 3 aromatic rings. The molecule has 26 heavy (non-hydrogen) atoms. The molecule has 0 unspecified atom stereocenters. The fraction of sp³-hybridized carbons (Fsp3) is 0.316. The molecule has 0 N–H and O–H groups in total. The van der Waals surface area contributed by atoms with Crippen LogP contribution in [-0.2, 0) is 4.79 Å². The first-order valence-electron chi connectivity index (χ1n) is 8.58. The molecule has 0 saturated carbocycles. The van der Waals surface area contributed by atoms with Gasteiger partial charge in [-0.05, 0) is 44.4 Å². The molecule has 0 bridgehead atoms. The van der Waals surface area contributed by atoms with E-state index < -0.39 is 0 Å². The van der Waals surface area contributed by atoms with E-state index in [1.807, 2.05) is 54.8 Å². The van der Waals surface area contributed by atoms with Crippen LogP contribution in [0.3, 0.4) is 0 Å². The molecule has 0 aliphatic carbocycles. The Morgan fingerprint density at radius 3 is 2.58 bits per heavy atom. The number of nitrogens with zero attached hydrogens (tertiary/aromatic N) is 4. The standard InChI is InChI=1S/C19H22N4OS2/c1-4-22(15-9-6-5-7-10-15)17(24)13-26-19-21-20-18(23(19)14(2)3)16-11-8-12-25-16/h5-12,14H,4,13H2,1-3H3. The minimum atomic E-state index is 0.0691. The van der Waals surface area contributed by atoms with E-state index in [0.29, 0.717) is 12.3 Å². The molecule has 0 aliphatic rings. The van der Waals surface area contributed by atoms with Crippen molar-refractivity contribution >= 4 is 34.7 Å². The van der Waals surface area contributed by atoms with Crippen molar-refractivity contribution in [2.75, 3.05) is 17.2 Å². The predicted molar refractivity (Wildman–Crippen MR) is 109 cm³/mol. The lowest BCUT2D eigenvalue weighted by Gasteiger charge is -2.21. The van der Waals surface area contributed by atoms with E-state index in [0.717, 1.165) is 21.5 Å². The summed E-state index contributed by atoms with van der Waals surface area (Å²) < 4.78 is 2.10. The smallest absolute Gasteiger partial charge is 0.237 e. The number of aromatic nitrogens is 3. The second kappa shape index (κ2) is 8.51. The van der Waals surface area contributed by atoms with Gasteiger partial charge in [0, 0.05) is 18.3 Å². The third-order valence-electron chi connectivity index (χ3n) is 3.93. The minimum Gasteiger partial charge on any atom is -0.312 e. The van der Waals surface area contributed by atoms with Crippen LogP contribution in [0.1, 0.15) is 26.8 Å². The highest BCUT2D eigenvalue weighted by Crippen LogP contribution is 2.30. The topological polar surface area (TPSA) is 51.0 Å². The maximum absolute atomic E-state index is 12.7. The Morgan fingerprint density at radius 2 is 1.96 bits per heavy atom. The first-order valence-corrected chi connectivity index (χ1v) is 10.4. The van der Waals surface area contributed by atoms with E-state index in [-0.39, 0.29) is 11.9 Å². The summed E-state index contributed by atoms with van der Waals surface area (Å²) in [7, 11) is 0. The first kappa shape index (κ1) is 18.7. The van der Waals surface area contributed by atoms with Crippen LogP contribution in [0.25, 0.3) is 10.7 Å². The molecule has 7 heteroatoms. The molecule has 1 amide bonds. The zero-order valence-electron chi connectivity index (χ0n) is 15.1. The van der Waals surface area contributed by atoms with Crippen LogP contribution in [0.15, 0.2) is 53.0 Å². The molecule has 0 fully saturated rings. The van der Waals surface area contributed by atoms with Crippen LogP contribution >= 0.6 is 23.1 Å². The van der Waals surface area contributed by atoms with Crippen LogP contribution in [0.5, 0.6) is 0 Å². The molecule has 0 radical (unpaired) electrons. The summed E-state index contributed by atoms with van der Waals surface area (Å²) in [4.78, 5) is 15.6. The van der Waals surface area contributed by atoms with Crippen molar-refractivity contribution in [3.63, 3.8) is 0 Å². The van der Waals surface area contributed by atoms with Crippen LogP contribution in [-0.4, -0.2) is 33.0 Å². The Balaban J connectivity index is 1.76. The van der Waals surface area contributed by atoms with Crippen LogP contribution < -0.4 is 4.90 Å². The van der Waals surface area contributed by atoms with Crippen LogP contribution in [0.4, 0.5) is 5.69 Å². The number of carbonyl (C=O) groups excluding carboxylic acids is 1. The van der Waals surface area contributed by atoms with Gasteiger partial charge < -0.3 is 4.90 Å². The summed E-state index contributed by atoms with van der Waals surface area (Å²) in [6.45, 7) is 6.84. The normalized spacial score (nSPS) is 11.1. The van der Waals surface area contributed by atoms with Gasteiger partial charge in [0.25, 0.3) is 0 Å². The van der Waals surface area contributed by atoms with E-state index >= 15 is 0 Å². The second-order valence-corrected chi connectivity index (χ2v) is 7.90. The molecule has 1 aromatic carbocycles. The lowest BCUT2D eigenvalue weighted by Crippen LogP contribution is -2.32. The summed E-state index contributed by atoms with van der Waals surface area (Å²) in [6, 6.07) is 14.0. The summed E-state index contributed by atoms with van der Waals surface area (Å²) in [5, 5.41) is 11.5. The number of thioether (sulfide) groups is 1. The highest BCUT2D eigenvalue weighted by atomic mass is 32.2. The fourth-order valence-corrected chi connectivity index (χ4v) is 4.38. The number of rotatable bonds is 7. The summed E-state index contributed by atoms with van der Waals surface area (Å²) in [6.07, 6.45) is 0. The average molecular weight is 387 g/mol. The van der Waals surface area contributed by atoms with Gasteiger partial charge in [0.1, 0.15) is 0 Å². The number of hydrogen-bond donors (Lipinski definition) is 0. The molecule has 5 nitrogen and oxygen atoms in total. The van der Waals surface area contributed by atoms with E-state index in [4.69, 9.17) is 0 Å².